The van der Waals surface area contributed by atoms with Gasteiger partial charge in [-0.15, -0.1) is 0 Å². The molecule has 0 atom stereocenters. The smallest absolute Gasteiger partial charge is 0.341 e. The number of halogens is 1. The van der Waals surface area contributed by atoms with E-state index < -0.39 is 5.97 Å². The van der Waals surface area contributed by atoms with Crippen LogP contribution in [0.2, 0.25) is 0 Å². The Balaban J connectivity index is 3.00. The van der Waals surface area contributed by atoms with E-state index in [1.165, 1.54) is 0 Å². The van der Waals surface area contributed by atoms with Gasteiger partial charge in [0.25, 0.3) is 0 Å². The Labute approximate surface area is 110 Å². The van der Waals surface area contributed by atoms with Gasteiger partial charge in [-0.25, -0.2) is 4.79 Å². The molecule has 0 fully saturated rings. The van der Waals surface area contributed by atoms with Crippen molar-refractivity contribution in [3.63, 3.8) is 0 Å². The number of carbonyl (C=O) groups is 2. The van der Waals surface area contributed by atoms with Gasteiger partial charge in [0.2, 0.25) is 5.78 Å². The number of ether oxygens (including phenoxy) is 1. The molecule has 0 aromatic rings. The van der Waals surface area contributed by atoms with Gasteiger partial charge in [-0.3, -0.25) is 4.79 Å². The summed E-state index contributed by atoms with van der Waals surface area (Å²) in [6, 6.07) is 0. The standard InChI is InChI=1S/C13H17BrO3/c1-5-17-12(16)8-6-7-9(13(2,3)4)10(14)11(8)15/h6H,5,7H2,1-4H3. The molecular formula is C13H17BrO3. The van der Waals surface area contributed by atoms with Crippen molar-refractivity contribution in [3.8, 4) is 0 Å². The maximum atomic E-state index is 12.0. The quantitative estimate of drug-likeness (QED) is 0.581. The van der Waals surface area contributed by atoms with Crippen LogP contribution in [0.15, 0.2) is 21.7 Å². The summed E-state index contributed by atoms with van der Waals surface area (Å²) in [5.41, 5.74) is 1.05. The van der Waals surface area contributed by atoms with Crippen molar-refractivity contribution < 1.29 is 14.3 Å². The summed E-state index contributed by atoms with van der Waals surface area (Å²) < 4.78 is 5.35. The molecule has 4 heteroatoms. The molecule has 0 amide bonds. The SMILES string of the molecule is CCOC(=O)C1=CCC(C(C)(C)C)=C(Br)C1=O. The van der Waals surface area contributed by atoms with Gasteiger partial charge in [-0.1, -0.05) is 26.8 Å². The highest BCUT2D eigenvalue weighted by atomic mass is 79.9. The molecule has 0 saturated carbocycles. The van der Waals surface area contributed by atoms with E-state index >= 15 is 0 Å². The average Bonchev–Trinajstić information content (AvgIpc) is 2.20. The normalized spacial score (nSPS) is 17.0. The Morgan fingerprint density at radius 1 is 1.47 bits per heavy atom. The van der Waals surface area contributed by atoms with Crippen LogP contribution in [0.4, 0.5) is 0 Å². The van der Waals surface area contributed by atoms with Crippen molar-refractivity contribution in [2.75, 3.05) is 6.61 Å². The molecule has 3 nitrogen and oxygen atoms in total. The first kappa shape index (κ1) is 14.2. The topological polar surface area (TPSA) is 43.4 Å². The van der Waals surface area contributed by atoms with E-state index in [0.29, 0.717) is 10.9 Å². The van der Waals surface area contributed by atoms with Crippen LogP contribution in [0, 0.1) is 5.41 Å². The minimum atomic E-state index is -0.539. The van der Waals surface area contributed by atoms with E-state index in [-0.39, 0.29) is 23.4 Å². The number of allylic oxidation sites excluding steroid dienone is 3. The summed E-state index contributed by atoms with van der Waals surface area (Å²) in [6.07, 6.45) is 2.26. The molecule has 0 spiro atoms. The van der Waals surface area contributed by atoms with Crippen LogP contribution in [-0.2, 0) is 14.3 Å². The Morgan fingerprint density at radius 3 is 2.53 bits per heavy atom. The lowest BCUT2D eigenvalue weighted by molar-refractivity contribution is -0.139. The van der Waals surface area contributed by atoms with E-state index in [4.69, 9.17) is 4.74 Å². The van der Waals surface area contributed by atoms with Crippen LogP contribution in [0.5, 0.6) is 0 Å². The van der Waals surface area contributed by atoms with Gasteiger partial charge in [0.15, 0.2) is 0 Å². The summed E-state index contributed by atoms with van der Waals surface area (Å²) in [5.74, 6) is -0.818. The Bertz CT molecular complexity index is 411. The second kappa shape index (κ2) is 5.17. The predicted octanol–water partition coefficient (Wildman–Crippen LogP) is 3.14. The fourth-order valence-corrected chi connectivity index (χ4v) is 2.63. The monoisotopic (exact) mass is 300 g/mol. The molecular weight excluding hydrogens is 284 g/mol. The van der Waals surface area contributed by atoms with Crippen molar-refractivity contribution in [3.05, 3.63) is 21.7 Å². The first-order chi connectivity index (χ1) is 7.79. The Hall–Kier alpha value is -0.900. The van der Waals surface area contributed by atoms with Crippen molar-refractivity contribution in [1.82, 2.24) is 0 Å². The number of hydrogen-bond donors (Lipinski definition) is 0. The molecule has 0 unspecified atom stereocenters. The van der Waals surface area contributed by atoms with Gasteiger partial charge in [0.05, 0.1) is 11.1 Å². The van der Waals surface area contributed by atoms with E-state index in [2.05, 4.69) is 15.9 Å². The van der Waals surface area contributed by atoms with Crippen LogP contribution in [0.1, 0.15) is 34.1 Å². The van der Waals surface area contributed by atoms with Gasteiger partial charge < -0.3 is 4.74 Å². The molecule has 0 heterocycles. The molecule has 0 radical (unpaired) electrons. The van der Waals surface area contributed by atoms with Gasteiger partial charge in [-0.2, -0.15) is 0 Å². The summed E-state index contributed by atoms with van der Waals surface area (Å²) in [7, 11) is 0. The van der Waals surface area contributed by atoms with Gasteiger partial charge in [0.1, 0.15) is 5.57 Å². The Morgan fingerprint density at radius 2 is 2.06 bits per heavy atom. The summed E-state index contributed by atoms with van der Waals surface area (Å²) >= 11 is 3.30. The summed E-state index contributed by atoms with van der Waals surface area (Å²) in [4.78, 5) is 23.6. The third kappa shape index (κ3) is 3.06. The van der Waals surface area contributed by atoms with E-state index in [0.717, 1.165) is 5.57 Å². The first-order valence-electron chi connectivity index (χ1n) is 5.60. The van der Waals surface area contributed by atoms with Crippen molar-refractivity contribution >= 4 is 27.7 Å². The first-order valence-corrected chi connectivity index (χ1v) is 6.39. The van der Waals surface area contributed by atoms with Crippen molar-refractivity contribution in [2.45, 2.75) is 34.1 Å². The van der Waals surface area contributed by atoms with Crippen LogP contribution in [-0.4, -0.2) is 18.4 Å². The molecule has 1 aliphatic rings. The molecule has 1 rings (SSSR count). The molecule has 0 aromatic heterocycles. The predicted molar refractivity (Wildman–Crippen MR) is 69.7 cm³/mol. The second-order valence-corrected chi connectivity index (χ2v) is 5.71. The zero-order valence-corrected chi connectivity index (χ0v) is 12.2. The van der Waals surface area contributed by atoms with E-state index in [1.807, 2.05) is 20.8 Å². The fraction of sp³-hybridized carbons (Fsp3) is 0.538. The van der Waals surface area contributed by atoms with Gasteiger partial charge in [0, 0.05) is 0 Å². The lowest BCUT2D eigenvalue weighted by Gasteiger charge is -2.26. The molecule has 17 heavy (non-hydrogen) atoms. The van der Waals surface area contributed by atoms with Crippen LogP contribution in [0.3, 0.4) is 0 Å². The number of hydrogen-bond acceptors (Lipinski definition) is 3. The third-order valence-electron chi connectivity index (χ3n) is 2.62. The molecule has 0 N–H and O–H groups in total. The summed E-state index contributed by atoms with van der Waals surface area (Å²) in [5, 5.41) is 0. The largest absolute Gasteiger partial charge is 0.462 e. The molecule has 94 valence electrons. The number of rotatable bonds is 2. The highest BCUT2D eigenvalue weighted by molar-refractivity contribution is 9.12. The van der Waals surface area contributed by atoms with Crippen LogP contribution >= 0.6 is 15.9 Å². The Kier molecular flexibility index (Phi) is 4.31. The molecule has 0 aromatic carbocycles. The average molecular weight is 301 g/mol. The molecule has 0 bridgehead atoms. The highest BCUT2D eigenvalue weighted by Crippen LogP contribution is 2.37. The van der Waals surface area contributed by atoms with Gasteiger partial charge >= 0.3 is 5.97 Å². The number of carbonyl (C=O) groups excluding carboxylic acids is 2. The zero-order chi connectivity index (χ0) is 13.2. The zero-order valence-electron chi connectivity index (χ0n) is 10.6. The fourth-order valence-electron chi connectivity index (χ4n) is 1.66. The number of esters is 1. The second-order valence-electron chi connectivity index (χ2n) is 4.91. The van der Waals surface area contributed by atoms with Gasteiger partial charge in [-0.05, 0) is 40.3 Å². The molecule has 1 aliphatic carbocycles. The molecule has 0 aliphatic heterocycles. The number of Topliss-reactive ketones (excluding diaryl/α,β-unsaturated/α-hetero) is 1. The van der Waals surface area contributed by atoms with Crippen molar-refractivity contribution in [2.24, 2.45) is 5.41 Å². The highest BCUT2D eigenvalue weighted by Gasteiger charge is 2.31. The third-order valence-corrected chi connectivity index (χ3v) is 3.46. The maximum Gasteiger partial charge on any atom is 0.341 e. The van der Waals surface area contributed by atoms with Crippen LogP contribution < -0.4 is 0 Å². The number of ketones is 1. The molecule has 0 saturated heterocycles. The minimum absolute atomic E-state index is 0.0921. The van der Waals surface area contributed by atoms with Crippen molar-refractivity contribution in [1.29, 1.82) is 0 Å². The lowest BCUT2D eigenvalue weighted by atomic mass is 9.80. The maximum absolute atomic E-state index is 12.0. The van der Waals surface area contributed by atoms with Crippen LogP contribution in [0.25, 0.3) is 0 Å². The van der Waals surface area contributed by atoms with E-state index in [9.17, 15) is 9.59 Å². The van der Waals surface area contributed by atoms with E-state index in [1.54, 1.807) is 13.0 Å². The summed E-state index contributed by atoms with van der Waals surface area (Å²) in [6.45, 7) is 8.12. The lowest BCUT2D eigenvalue weighted by Crippen LogP contribution is -2.23. The minimum Gasteiger partial charge on any atom is -0.462 e.